The third-order valence-corrected chi connectivity index (χ3v) is 4.05. The number of nitrogens with one attached hydrogen (secondary N) is 1. The van der Waals surface area contributed by atoms with Gasteiger partial charge in [-0.3, -0.25) is 0 Å². The number of hydrogen-bond acceptors (Lipinski definition) is 1. The molecule has 0 aromatic rings. The molecule has 1 heteroatoms. The van der Waals surface area contributed by atoms with E-state index in [0.29, 0.717) is 0 Å². The van der Waals surface area contributed by atoms with E-state index in [1.165, 1.54) is 45.1 Å². The minimum Gasteiger partial charge on any atom is -0.317 e. The van der Waals surface area contributed by atoms with Crippen molar-refractivity contribution < 1.29 is 0 Å². The van der Waals surface area contributed by atoms with Gasteiger partial charge in [-0.15, -0.1) is 0 Å². The highest BCUT2D eigenvalue weighted by atomic mass is 14.8. The fourth-order valence-corrected chi connectivity index (χ4v) is 2.86. The second kappa shape index (κ2) is 7.27. The molecule has 1 rings (SSSR count). The Morgan fingerprint density at radius 3 is 2.60 bits per heavy atom. The molecule has 1 nitrogen and oxygen atoms in total. The van der Waals surface area contributed by atoms with Gasteiger partial charge in [0, 0.05) is 0 Å². The van der Waals surface area contributed by atoms with Crippen LogP contribution < -0.4 is 5.32 Å². The predicted molar refractivity (Wildman–Crippen MR) is 68.1 cm³/mol. The van der Waals surface area contributed by atoms with Crippen LogP contribution in [0.4, 0.5) is 0 Å². The molecule has 0 amide bonds. The standard InChI is InChI=1S/C14H29N/c1-4-13(11-15-5-2)8-9-14-7-6-12(3)10-14/h12-15H,4-11H2,1-3H3. The van der Waals surface area contributed by atoms with Crippen molar-refractivity contribution in [3.05, 3.63) is 0 Å². The molecule has 1 N–H and O–H groups in total. The molecule has 90 valence electrons. The molecular weight excluding hydrogens is 182 g/mol. The van der Waals surface area contributed by atoms with Crippen molar-refractivity contribution in [3.8, 4) is 0 Å². The monoisotopic (exact) mass is 211 g/mol. The molecule has 0 aliphatic heterocycles. The van der Waals surface area contributed by atoms with Crippen molar-refractivity contribution in [2.45, 2.75) is 59.3 Å². The molecule has 0 saturated heterocycles. The first kappa shape index (κ1) is 13.0. The highest BCUT2D eigenvalue weighted by Gasteiger charge is 2.21. The van der Waals surface area contributed by atoms with Crippen LogP contribution in [0.3, 0.4) is 0 Å². The molecule has 1 fully saturated rings. The molecule has 0 spiro atoms. The Morgan fingerprint density at radius 2 is 2.07 bits per heavy atom. The predicted octanol–water partition coefficient (Wildman–Crippen LogP) is 3.84. The summed E-state index contributed by atoms with van der Waals surface area (Å²) in [6.45, 7) is 9.30. The van der Waals surface area contributed by atoms with E-state index in [2.05, 4.69) is 26.1 Å². The third kappa shape index (κ3) is 5.01. The van der Waals surface area contributed by atoms with E-state index in [0.717, 1.165) is 24.3 Å². The summed E-state index contributed by atoms with van der Waals surface area (Å²) in [6.07, 6.45) is 8.75. The maximum Gasteiger partial charge on any atom is -0.00207 e. The van der Waals surface area contributed by atoms with Crippen LogP contribution >= 0.6 is 0 Å². The van der Waals surface area contributed by atoms with Gasteiger partial charge in [-0.2, -0.15) is 0 Å². The summed E-state index contributed by atoms with van der Waals surface area (Å²) in [5, 5.41) is 3.48. The van der Waals surface area contributed by atoms with Crippen LogP contribution in [0.25, 0.3) is 0 Å². The van der Waals surface area contributed by atoms with Crippen LogP contribution in [0.1, 0.15) is 59.3 Å². The Bertz CT molecular complexity index is 155. The molecule has 3 unspecified atom stereocenters. The summed E-state index contributed by atoms with van der Waals surface area (Å²) in [7, 11) is 0. The van der Waals surface area contributed by atoms with E-state index in [4.69, 9.17) is 0 Å². The summed E-state index contributed by atoms with van der Waals surface area (Å²) in [5.41, 5.74) is 0. The second-order valence-electron chi connectivity index (χ2n) is 5.44. The van der Waals surface area contributed by atoms with Crippen molar-refractivity contribution in [2.75, 3.05) is 13.1 Å². The van der Waals surface area contributed by atoms with Crippen LogP contribution in [0, 0.1) is 17.8 Å². The summed E-state index contributed by atoms with van der Waals surface area (Å²) in [5.74, 6) is 2.97. The van der Waals surface area contributed by atoms with Gasteiger partial charge in [-0.25, -0.2) is 0 Å². The van der Waals surface area contributed by atoms with Crippen LogP contribution in [0.5, 0.6) is 0 Å². The maximum atomic E-state index is 3.48. The van der Waals surface area contributed by atoms with Gasteiger partial charge < -0.3 is 5.32 Å². The molecule has 1 saturated carbocycles. The Hall–Kier alpha value is -0.0400. The number of hydrogen-bond donors (Lipinski definition) is 1. The molecule has 15 heavy (non-hydrogen) atoms. The zero-order valence-corrected chi connectivity index (χ0v) is 10.9. The van der Waals surface area contributed by atoms with E-state index >= 15 is 0 Å². The minimum atomic E-state index is 0.917. The van der Waals surface area contributed by atoms with Crippen molar-refractivity contribution in [1.82, 2.24) is 5.32 Å². The normalized spacial score (nSPS) is 28.2. The fourth-order valence-electron chi connectivity index (χ4n) is 2.86. The molecule has 0 aromatic heterocycles. The van der Waals surface area contributed by atoms with Crippen LogP contribution in [-0.2, 0) is 0 Å². The van der Waals surface area contributed by atoms with E-state index in [1.807, 2.05) is 0 Å². The van der Waals surface area contributed by atoms with Gasteiger partial charge in [-0.05, 0) is 43.7 Å². The molecule has 0 bridgehead atoms. The van der Waals surface area contributed by atoms with Gasteiger partial charge in [0.15, 0.2) is 0 Å². The van der Waals surface area contributed by atoms with Crippen molar-refractivity contribution in [1.29, 1.82) is 0 Å². The summed E-state index contributed by atoms with van der Waals surface area (Å²) < 4.78 is 0. The first-order valence-electron chi connectivity index (χ1n) is 6.96. The molecule has 1 aliphatic carbocycles. The minimum absolute atomic E-state index is 0.917. The SMILES string of the molecule is CCNCC(CC)CCC1CCC(C)C1. The highest BCUT2D eigenvalue weighted by Crippen LogP contribution is 2.34. The summed E-state index contributed by atoms with van der Waals surface area (Å²) in [6, 6.07) is 0. The largest absolute Gasteiger partial charge is 0.317 e. The molecule has 0 heterocycles. The summed E-state index contributed by atoms with van der Waals surface area (Å²) >= 11 is 0. The average Bonchev–Trinajstić information content (AvgIpc) is 2.65. The lowest BCUT2D eigenvalue weighted by Crippen LogP contribution is -2.22. The highest BCUT2D eigenvalue weighted by molar-refractivity contribution is 4.74. The van der Waals surface area contributed by atoms with Gasteiger partial charge in [0.1, 0.15) is 0 Å². The first-order chi connectivity index (χ1) is 7.26. The van der Waals surface area contributed by atoms with Gasteiger partial charge in [-0.1, -0.05) is 46.5 Å². The first-order valence-corrected chi connectivity index (χ1v) is 6.96. The zero-order chi connectivity index (χ0) is 11.1. The smallest absolute Gasteiger partial charge is 0.00207 e. The fraction of sp³-hybridized carbons (Fsp3) is 1.00. The van der Waals surface area contributed by atoms with Crippen LogP contribution in [-0.4, -0.2) is 13.1 Å². The van der Waals surface area contributed by atoms with Crippen molar-refractivity contribution in [2.24, 2.45) is 17.8 Å². The summed E-state index contributed by atoms with van der Waals surface area (Å²) in [4.78, 5) is 0. The Morgan fingerprint density at radius 1 is 1.27 bits per heavy atom. The Kier molecular flexibility index (Phi) is 6.31. The van der Waals surface area contributed by atoms with Gasteiger partial charge in [0.05, 0.1) is 0 Å². The molecule has 0 aromatic carbocycles. The molecule has 3 atom stereocenters. The zero-order valence-electron chi connectivity index (χ0n) is 10.9. The lowest BCUT2D eigenvalue weighted by atomic mass is 9.92. The Balaban J connectivity index is 2.10. The molecule has 1 aliphatic rings. The average molecular weight is 211 g/mol. The number of rotatable bonds is 7. The van der Waals surface area contributed by atoms with E-state index < -0.39 is 0 Å². The molecular formula is C14H29N. The second-order valence-corrected chi connectivity index (χ2v) is 5.44. The quantitative estimate of drug-likeness (QED) is 0.674. The van der Waals surface area contributed by atoms with E-state index in [9.17, 15) is 0 Å². The maximum absolute atomic E-state index is 3.48. The van der Waals surface area contributed by atoms with E-state index in [1.54, 1.807) is 0 Å². The lowest BCUT2D eigenvalue weighted by molar-refractivity contribution is 0.370. The van der Waals surface area contributed by atoms with Crippen LogP contribution in [0.15, 0.2) is 0 Å². The van der Waals surface area contributed by atoms with Crippen LogP contribution in [0.2, 0.25) is 0 Å². The van der Waals surface area contributed by atoms with Gasteiger partial charge in [0.25, 0.3) is 0 Å². The van der Waals surface area contributed by atoms with E-state index in [-0.39, 0.29) is 0 Å². The van der Waals surface area contributed by atoms with Crippen molar-refractivity contribution >= 4 is 0 Å². The lowest BCUT2D eigenvalue weighted by Gasteiger charge is -2.17. The topological polar surface area (TPSA) is 12.0 Å². The Labute approximate surface area is 96.0 Å². The molecule has 0 radical (unpaired) electrons. The third-order valence-electron chi connectivity index (χ3n) is 4.05. The van der Waals surface area contributed by atoms with Gasteiger partial charge >= 0.3 is 0 Å². The van der Waals surface area contributed by atoms with Gasteiger partial charge in [0.2, 0.25) is 0 Å². The van der Waals surface area contributed by atoms with Crippen molar-refractivity contribution in [3.63, 3.8) is 0 Å².